The summed E-state index contributed by atoms with van der Waals surface area (Å²) in [5.74, 6) is 0. The van der Waals surface area contributed by atoms with E-state index in [1.807, 2.05) is 30.5 Å². The Balaban J connectivity index is 1.77. The summed E-state index contributed by atoms with van der Waals surface area (Å²) >= 11 is 5.91. The van der Waals surface area contributed by atoms with Crippen molar-refractivity contribution in [1.29, 1.82) is 0 Å². The summed E-state index contributed by atoms with van der Waals surface area (Å²) in [7, 11) is 0. The Hall–Kier alpha value is -1.32. The molecule has 1 fully saturated rings. The highest BCUT2D eigenvalue weighted by molar-refractivity contribution is 6.30. The van der Waals surface area contributed by atoms with Crippen LogP contribution in [0.3, 0.4) is 0 Å². The Morgan fingerprint density at radius 1 is 1.05 bits per heavy atom. The van der Waals surface area contributed by atoms with Crippen LogP contribution >= 0.6 is 11.6 Å². The molecule has 1 aromatic carbocycles. The first kappa shape index (κ1) is 12.7. The topological polar surface area (TPSA) is 43.8 Å². The molecule has 2 aromatic rings. The van der Waals surface area contributed by atoms with Gasteiger partial charge in [0.15, 0.2) is 0 Å². The molecule has 19 heavy (non-hydrogen) atoms. The molecule has 1 saturated carbocycles. The minimum Gasteiger partial charge on any atom is -0.328 e. The van der Waals surface area contributed by atoms with E-state index < -0.39 is 0 Å². The Labute approximate surface area is 118 Å². The van der Waals surface area contributed by atoms with Crippen molar-refractivity contribution in [1.82, 2.24) is 9.78 Å². The third-order valence-electron chi connectivity index (χ3n) is 3.89. The van der Waals surface area contributed by atoms with E-state index in [0.29, 0.717) is 12.1 Å². The number of hydrogen-bond acceptors (Lipinski definition) is 2. The quantitative estimate of drug-likeness (QED) is 0.909. The van der Waals surface area contributed by atoms with Gasteiger partial charge in [-0.05, 0) is 43.4 Å². The van der Waals surface area contributed by atoms with Gasteiger partial charge in [0.1, 0.15) is 0 Å². The summed E-state index contributed by atoms with van der Waals surface area (Å²) in [5, 5.41) is 5.27. The maximum atomic E-state index is 5.94. The fourth-order valence-corrected chi connectivity index (χ4v) is 2.82. The molecule has 3 rings (SSSR count). The Morgan fingerprint density at radius 3 is 2.42 bits per heavy atom. The lowest BCUT2D eigenvalue weighted by molar-refractivity contribution is 0.304. The lowest BCUT2D eigenvalue weighted by atomic mass is 9.92. The van der Waals surface area contributed by atoms with Crippen molar-refractivity contribution in [3.63, 3.8) is 0 Å². The molecule has 1 aliphatic rings. The highest BCUT2D eigenvalue weighted by atomic mass is 35.5. The lowest BCUT2D eigenvalue weighted by Gasteiger charge is -2.26. The minimum absolute atomic E-state index is 0.377. The van der Waals surface area contributed by atoms with E-state index in [-0.39, 0.29) is 0 Å². The van der Waals surface area contributed by atoms with Crippen molar-refractivity contribution in [2.24, 2.45) is 5.73 Å². The zero-order valence-corrected chi connectivity index (χ0v) is 11.6. The molecule has 0 aliphatic heterocycles. The fourth-order valence-electron chi connectivity index (χ4n) is 2.70. The highest BCUT2D eigenvalue weighted by Gasteiger charge is 2.20. The molecule has 0 unspecified atom stereocenters. The summed E-state index contributed by atoms with van der Waals surface area (Å²) in [6, 6.07) is 8.76. The zero-order chi connectivity index (χ0) is 13.2. The van der Waals surface area contributed by atoms with Gasteiger partial charge in [0, 0.05) is 22.8 Å². The number of benzene rings is 1. The predicted molar refractivity (Wildman–Crippen MR) is 78.2 cm³/mol. The standard InChI is InChI=1S/C15H18ClN3/c16-13-3-1-11(2-4-13)12-9-18-19(10-12)15-7-5-14(17)6-8-15/h1-4,9-10,14-15H,5-8,17H2. The van der Waals surface area contributed by atoms with Crippen LogP contribution in [0.2, 0.25) is 5.02 Å². The molecular weight excluding hydrogens is 258 g/mol. The molecule has 100 valence electrons. The van der Waals surface area contributed by atoms with Crippen molar-refractivity contribution in [2.75, 3.05) is 0 Å². The van der Waals surface area contributed by atoms with Crippen molar-refractivity contribution in [3.05, 3.63) is 41.7 Å². The summed E-state index contributed by atoms with van der Waals surface area (Å²) in [6.45, 7) is 0. The third kappa shape index (κ3) is 2.82. The van der Waals surface area contributed by atoms with Gasteiger partial charge in [-0.3, -0.25) is 4.68 Å². The van der Waals surface area contributed by atoms with Crippen molar-refractivity contribution >= 4 is 11.6 Å². The molecular formula is C15H18ClN3. The summed E-state index contributed by atoms with van der Waals surface area (Å²) in [4.78, 5) is 0. The Bertz CT molecular complexity index is 539. The summed E-state index contributed by atoms with van der Waals surface area (Å²) in [5.41, 5.74) is 8.24. The van der Waals surface area contributed by atoms with Gasteiger partial charge >= 0.3 is 0 Å². The van der Waals surface area contributed by atoms with E-state index in [1.54, 1.807) is 0 Å². The third-order valence-corrected chi connectivity index (χ3v) is 4.15. The van der Waals surface area contributed by atoms with Gasteiger partial charge < -0.3 is 5.73 Å². The van der Waals surface area contributed by atoms with Crippen LogP contribution in [0.5, 0.6) is 0 Å². The van der Waals surface area contributed by atoms with E-state index >= 15 is 0 Å². The largest absolute Gasteiger partial charge is 0.328 e. The number of nitrogens with zero attached hydrogens (tertiary/aromatic N) is 2. The normalized spacial score (nSPS) is 23.5. The van der Waals surface area contributed by atoms with Gasteiger partial charge in [-0.1, -0.05) is 23.7 Å². The van der Waals surface area contributed by atoms with Crippen LogP contribution in [0, 0.1) is 0 Å². The molecule has 2 N–H and O–H groups in total. The van der Waals surface area contributed by atoms with Gasteiger partial charge in [0.05, 0.1) is 12.2 Å². The van der Waals surface area contributed by atoms with Gasteiger partial charge in [0.2, 0.25) is 0 Å². The molecule has 4 heteroatoms. The minimum atomic E-state index is 0.377. The molecule has 0 saturated heterocycles. The number of aromatic nitrogens is 2. The average Bonchev–Trinajstić information content (AvgIpc) is 2.90. The van der Waals surface area contributed by atoms with Gasteiger partial charge in [-0.25, -0.2) is 0 Å². The number of halogens is 1. The zero-order valence-electron chi connectivity index (χ0n) is 10.8. The molecule has 0 radical (unpaired) electrons. The molecule has 0 bridgehead atoms. The number of hydrogen-bond donors (Lipinski definition) is 1. The molecule has 1 heterocycles. The second-order valence-electron chi connectivity index (χ2n) is 5.28. The smallest absolute Gasteiger partial charge is 0.0568 e. The maximum Gasteiger partial charge on any atom is 0.0568 e. The van der Waals surface area contributed by atoms with Crippen molar-refractivity contribution in [2.45, 2.75) is 37.8 Å². The molecule has 1 aliphatic carbocycles. The molecule has 1 aromatic heterocycles. The monoisotopic (exact) mass is 275 g/mol. The second kappa shape index (κ2) is 5.35. The first-order valence-corrected chi connectivity index (χ1v) is 7.16. The first-order valence-electron chi connectivity index (χ1n) is 6.78. The van der Waals surface area contributed by atoms with E-state index in [2.05, 4.69) is 16.0 Å². The van der Waals surface area contributed by atoms with Gasteiger partial charge in [-0.2, -0.15) is 5.10 Å². The van der Waals surface area contributed by atoms with Crippen LogP contribution in [0.4, 0.5) is 0 Å². The molecule has 3 nitrogen and oxygen atoms in total. The Kier molecular flexibility index (Phi) is 3.58. The van der Waals surface area contributed by atoms with E-state index in [9.17, 15) is 0 Å². The molecule has 0 spiro atoms. The van der Waals surface area contributed by atoms with Crippen LogP contribution in [-0.4, -0.2) is 15.8 Å². The van der Waals surface area contributed by atoms with Crippen LogP contribution in [0.25, 0.3) is 11.1 Å². The molecule has 0 atom stereocenters. The number of nitrogens with two attached hydrogens (primary N) is 1. The maximum absolute atomic E-state index is 5.94. The predicted octanol–water partition coefficient (Wildman–Crippen LogP) is 3.65. The van der Waals surface area contributed by atoms with Gasteiger partial charge in [-0.15, -0.1) is 0 Å². The fraction of sp³-hybridized carbons (Fsp3) is 0.400. The van der Waals surface area contributed by atoms with Crippen LogP contribution in [0.1, 0.15) is 31.7 Å². The van der Waals surface area contributed by atoms with E-state index in [0.717, 1.165) is 41.8 Å². The van der Waals surface area contributed by atoms with Crippen LogP contribution < -0.4 is 5.73 Å². The lowest BCUT2D eigenvalue weighted by Crippen LogP contribution is -2.27. The van der Waals surface area contributed by atoms with Crippen LogP contribution in [0.15, 0.2) is 36.7 Å². The van der Waals surface area contributed by atoms with Gasteiger partial charge in [0.25, 0.3) is 0 Å². The second-order valence-corrected chi connectivity index (χ2v) is 5.72. The SMILES string of the molecule is NC1CCC(n2cc(-c3ccc(Cl)cc3)cn2)CC1. The number of rotatable bonds is 2. The molecule has 0 amide bonds. The van der Waals surface area contributed by atoms with Crippen LogP contribution in [-0.2, 0) is 0 Å². The first-order chi connectivity index (χ1) is 9.22. The highest BCUT2D eigenvalue weighted by Crippen LogP contribution is 2.29. The Morgan fingerprint density at radius 2 is 1.74 bits per heavy atom. The van der Waals surface area contributed by atoms with Crippen molar-refractivity contribution < 1.29 is 0 Å². The van der Waals surface area contributed by atoms with E-state index in [1.165, 1.54) is 0 Å². The summed E-state index contributed by atoms with van der Waals surface area (Å²) in [6.07, 6.45) is 8.51. The summed E-state index contributed by atoms with van der Waals surface area (Å²) < 4.78 is 2.09. The van der Waals surface area contributed by atoms with Crippen molar-refractivity contribution in [3.8, 4) is 11.1 Å². The average molecular weight is 276 g/mol. The van der Waals surface area contributed by atoms with E-state index in [4.69, 9.17) is 17.3 Å².